The van der Waals surface area contributed by atoms with Crippen molar-refractivity contribution in [2.45, 2.75) is 25.5 Å². The first-order chi connectivity index (χ1) is 9.04. The van der Waals surface area contributed by atoms with E-state index in [0.717, 1.165) is 6.42 Å². The minimum atomic E-state index is -0.502. The number of nitrogens with zero attached hydrogens (tertiary/aromatic N) is 2. The number of likely N-dealkylation sites (N-methyl/N-ethyl adjacent to an activating group) is 1. The Hall–Kier alpha value is -1.95. The lowest BCUT2D eigenvalue weighted by molar-refractivity contribution is -0.384. The van der Waals surface area contributed by atoms with Crippen molar-refractivity contribution < 1.29 is 14.5 Å². The number of nitro groups is 1. The van der Waals surface area contributed by atoms with Crippen molar-refractivity contribution in [3.05, 3.63) is 33.9 Å². The molecule has 0 saturated carbocycles. The summed E-state index contributed by atoms with van der Waals surface area (Å²) in [7, 11) is 1.88. The van der Waals surface area contributed by atoms with Gasteiger partial charge in [0, 0.05) is 37.0 Å². The van der Waals surface area contributed by atoms with Gasteiger partial charge >= 0.3 is 0 Å². The molecule has 0 radical (unpaired) electrons. The molecule has 0 aromatic heterocycles. The fourth-order valence-electron chi connectivity index (χ4n) is 2.48. The van der Waals surface area contributed by atoms with Crippen LogP contribution in [0, 0.1) is 10.1 Å². The molecule has 19 heavy (non-hydrogen) atoms. The molecule has 1 aliphatic rings. The molecule has 2 rings (SSSR count). The summed E-state index contributed by atoms with van der Waals surface area (Å²) in [5.74, 6) is 0. The van der Waals surface area contributed by atoms with Crippen LogP contribution in [-0.2, 0) is 4.74 Å². The quantitative estimate of drug-likeness (QED) is 0.472. The number of benzene rings is 1. The van der Waals surface area contributed by atoms with Gasteiger partial charge in [0.1, 0.15) is 0 Å². The van der Waals surface area contributed by atoms with Crippen LogP contribution in [0.1, 0.15) is 23.7 Å². The molecule has 0 spiro atoms. The molecule has 2 unspecified atom stereocenters. The molecule has 6 heteroatoms. The van der Waals surface area contributed by atoms with Crippen LogP contribution >= 0.6 is 0 Å². The second-order valence-electron chi connectivity index (χ2n) is 4.66. The molecule has 6 nitrogen and oxygen atoms in total. The van der Waals surface area contributed by atoms with Crippen LogP contribution in [0.25, 0.3) is 0 Å². The summed E-state index contributed by atoms with van der Waals surface area (Å²) in [5, 5.41) is 10.7. The number of hydrogen-bond acceptors (Lipinski definition) is 5. The molecule has 1 heterocycles. The zero-order valence-electron chi connectivity index (χ0n) is 10.9. The van der Waals surface area contributed by atoms with E-state index in [1.165, 1.54) is 12.1 Å². The predicted molar refractivity (Wildman–Crippen MR) is 70.7 cm³/mol. The first-order valence-electron chi connectivity index (χ1n) is 6.12. The van der Waals surface area contributed by atoms with E-state index in [1.807, 2.05) is 18.9 Å². The lowest BCUT2D eigenvalue weighted by atomic mass is 10.1. The van der Waals surface area contributed by atoms with E-state index in [-0.39, 0.29) is 17.8 Å². The lowest BCUT2D eigenvalue weighted by Gasteiger charge is -2.29. The van der Waals surface area contributed by atoms with Crippen molar-refractivity contribution >= 4 is 17.7 Å². The maximum atomic E-state index is 11.1. The first kappa shape index (κ1) is 13.5. The number of anilines is 1. The van der Waals surface area contributed by atoms with Crippen molar-refractivity contribution in [3.8, 4) is 0 Å². The van der Waals surface area contributed by atoms with Gasteiger partial charge < -0.3 is 9.64 Å². The third kappa shape index (κ3) is 2.58. The highest BCUT2D eigenvalue weighted by atomic mass is 16.6. The van der Waals surface area contributed by atoms with Crippen molar-refractivity contribution in [2.75, 3.05) is 18.6 Å². The minimum Gasteiger partial charge on any atom is -0.376 e. The number of aldehydes is 1. The first-order valence-corrected chi connectivity index (χ1v) is 6.12. The average Bonchev–Trinajstić information content (AvgIpc) is 2.83. The molecule has 0 N–H and O–H groups in total. The normalized spacial score (nSPS) is 22.2. The summed E-state index contributed by atoms with van der Waals surface area (Å²) in [6.45, 7) is 2.68. The number of nitro benzene ring substituents is 1. The second-order valence-corrected chi connectivity index (χ2v) is 4.66. The molecule has 102 valence electrons. The Labute approximate surface area is 111 Å². The fraction of sp³-hybridized carbons (Fsp3) is 0.462. The molecule has 1 aromatic rings. The highest BCUT2D eigenvalue weighted by Crippen LogP contribution is 2.28. The molecular weight excluding hydrogens is 248 g/mol. The third-order valence-corrected chi connectivity index (χ3v) is 3.56. The topological polar surface area (TPSA) is 72.7 Å². The molecule has 1 saturated heterocycles. The molecule has 1 aliphatic heterocycles. The zero-order valence-corrected chi connectivity index (χ0v) is 10.9. The molecule has 1 aromatic carbocycles. The largest absolute Gasteiger partial charge is 0.376 e. The van der Waals surface area contributed by atoms with E-state index < -0.39 is 4.92 Å². The summed E-state index contributed by atoms with van der Waals surface area (Å²) < 4.78 is 5.51. The average molecular weight is 264 g/mol. The summed E-state index contributed by atoms with van der Waals surface area (Å²) in [4.78, 5) is 23.3. The summed E-state index contributed by atoms with van der Waals surface area (Å²) in [6.07, 6.45) is 1.62. The van der Waals surface area contributed by atoms with Gasteiger partial charge in [-0.25, -0.2) is 0 Å². The van der Waals surface area contributed by atoms with Gasteiger partial charge in [-0.1, -0.05) is 0 Å². The Kier molecular flexibility index (Phi) is 3.80. The smallest absolute Gasteiger partial charge is 0.270 e. The van der Waals surface area contributed by atoms with E-state index in [4.69, 9.17) is 4.74 Å². The zero-order chi connectivity index (χ0) is 14.0. The molecule has 1 fully saturated rings. The van der Waals surface area contributed by atoms with Crippen LogP contribution in [0.3, 0.4) is 0 Å². The van der Waals surface area contributed by atoms with E-state index in [0.29, 0.717) is 24.1 Å². The minimum absolute atomic E-state index is 0.0741. The summed E-state index contributed by atoms with van der Waals surface area (Å²) in [6, 6.07) is 4.52. The SMILES string of the molecule is CC1OCCC1N(C)c1ccc([N+](=O)[O-])cc1C=O. The Morgan fingerprint density at radius 1 is 1.53 bits per heavy atom. The number of hydrogen-bond donors (Lipinski definition) is 0. The van der Waals surface area contributed by atoms with Crippen LogP contribution in [0.5, 0.6) is 0 Å². The van der Waals surface area contributed by atoms with Crippen LogP contribution in [0.15, 0.2) is 18.2 Å². The summed E-state index contributed by atoms with van der Waals surface area (Å²) in [5.41, 5.74) is 0.953. The highest BCUT2D eigenvalue weighted by molar-refractivity contribution is 5.86. The van der Waals surface area contributed by atoms with Gasteiger partial charge in [-0.15, -0.1) is 0 Å². The van der Waals surface area contributed by atoms with Gasteiger partial charge in [-0.3, -0.25) is 14.9 Å². The van der Waals surface area contributed by atoms with E-state index in [9.17, 15) is 14.9 Å². The number of non-ortho nitro benzene ring substituents is 1. The Morgan fingerprint density at radius 3 is 2.79 bits per heavy atom. The van der Waals surface area contributed by atoms with Crippen LogP contribution < -0.4 is 4.90 Å². The Balaban J connectivity index is 2.33. The molecular formula is C13H16N2O4. The number of ether oxygens (including phenoxy) is 1. The number of rotatable bonds is 4. The fourth-order valence-corrected chi connectivity index (χ4v) is 2.48. The van der Waals surface area contributed by atoms with E-state index in [2.05, 4.69) is 0 Å². The van der Waals surface area contributed by atoms with Crippen LogP contribution in [0.4, 0.5) is 11.4 Å². The molecule has 0 aliphatic carbocycles. The third-order valence-electron chi connectivity index (χ3n) is 3.56. The maximum absolute atomic E-state index is 11.1. The van der Waals surface area contributed by atoms with Crippen LogP contribution in [-0.4, -0.2) is 37.0 Å². The monoisotopic (exact) mass is 264 g/mol. The highest BCUT2D eigenvalue weighted by Gasteiger charge is 2.29. The summed E-state index contributed by atoms with van der Waals surface area (Å²) >= 11 is 0. The van der Waals surface area contributed by atoms with Gasteiger partial charge in [0.2, 0.25) is 0 Å². The Bertz CT molecular complexity index is 503. The van der Waals surface area contributed by atoms with Gasteiger partial charge in [0.15, 0.2) is 6.29 Å². The van der Waals surface area contributed by atoms with Crippen molar-refractivity contribution in [2.24, 2.45) is 0 Å². The van der Waals surface area contributed by atoms with E-state index in [1.54, 1.807) is 6.07 Å². The van der Waals surface area contributed by atoms with Gasteiger partial charge in [-0.05, 0) is 19.4 Å². The molecule has 0 amide bonds. The lowest BCUT2D eigenvalue weighted by Crippen LogP contribution is -2.37. The van der Waals surface area contributed by atoms with Crippen molar-refractivity contribution in [1.82, 2.24) is 0 Å². The second kappa shape index (κ2) is 5.36. The molecule has 0 bridgehead atoms. The number of carbonyl (C=O) groups excluding carboxylic acids is 1. The molecule has 2 atom stereocenters. The van der Waals surface area contributed by atoms with Gasteiger partial charge in [0.05, 0.1) is 17.1 Å². The van der Waals surface area contributed by atoms with E-state index >= 15 is 0 Å². The van der Waals surface area contributed by atoms with Crippen molar-refractivity contribution in [3.63, 3.8) is 0 Å². The maximum Gasteiger partial charge on any atom is 0.270 e. The number of carbonyl (C=O) groups is 1. The van der Waals surface area contributed by atoms with Gasteiger partial charge in [-0.2, -0.15) is 0 Å². The predicted octanol–water partition coefficient (Wildman–Crippen LogP) is 2.02. The standard InChI is InChI=1S/C13H16N2O4/c1-9-12(5-6-19-9)14(2)13-4-3-11(15(17)18)7-10(13)8-16/h3-4,7-9,12H,5-6H2,1-2H3. The van der Waals surface area contributed by atoms with Gasteiger partial charge in [0.25, 0.3) is 5.69 Å². The van der Waals surface area contributed by atoms with Crippen molar-refractivity contribution in [1.29, 1.82) is 0 Å². The van der Waals surface area contributed by atoms with Crippen LogP contribution in [0.2, 0.25) is 0 Å². The Morgan fingerprint density at radius 2 is 2.26 bits per heavy atom.